The van der Waals surface area contributed by atoms with Gasteiger partial charge in [-0.05, 0) is 24.6 Å². The highest BCUT2D eigenvalue weighted by atomic mass is 17.5. The Morgan fingerprint density at radius 1 is 1.10 bits per heavy atom. The maximum absolute atomic E-state index is 4.66. The lowest BCUT2D eigenvalue weighted by molar-refractivity contribution is -0.384. The van der Waals surface area contributed by atoms with Crippen LogP contribution in [0.15, 0.2) is 18.2 Å². The second-order valence-electron chi connectivity index (χ2n) is 2.18. The van der Waals surface area contributed by atoms with Crippen LogP contribution in [0.4, 0.5) is 0 Å². The molecular weight excluding hydrogens is 132 g/mol. The first-order valence-electron chi connectivity index (χ1n) is 2.98. The van der Waals surface area contributed by atoms with Gasteiger partial charge >= 0.3 is 0 Å². The summed E-state index contributed by atoms with van der Waals surface area (Å²) in [5.41, 5.74) is 1.12. The van der Waals surface area contributed by atoms with Gasteiger partial charge in [-0.15, -0.1) is 0 Å². The van der Waals surface area contributed by atoms with E-state index in [4.69, 9.17) is 0 Å². The Kier molecular flexibility index (Phi) is 1.05. The Morgan fingerprint density at radius 2 is 1.90 bits per heavy atom. The lowest BCUT2D eigenvalue weighted by Crippen LogP contribution is -1.88. The van der Waals surface area contributed by atoms with Gasteiger partial charge in [0.25, 0.3) is 0 Å². The van der Waals surface area contributed by atoms with E-state index < -0.39 is 0 Å². The molecular formula is C7H6O3. The second-order valence-corrected chi connectivity index (χ2v) is 2.18. The summed E-state index contributed by atoms with van der Waals surface area (Å²) in [6.07, 6.45) is 0. The van der Waals surface area contributed by atoms with Crippen molar-refractivity contribution in [2.75, 3.05) is 0 Å². The largest absolute Gasteiger partial charge is 0.295 e. The van der Waals surface area contributed by atoms with E-state index in [1.807, 2.05) is 19.1 Å². The molecule has 1 aliphatic rings. The Bertz CT molecular complexity index is 257. The van der Waals surface area contributed by atoms with Crippen molar-refractivity contribution in [3.05, 3.63) is 23.8 Å². The van der Waals surface area contributed by atoms with Crippen LogP contribution in [0, 0.1) is 6.92 Å². The fourth-order valence-corrected chi connectivity index (χ4v) is 0.840. The van der Waals surface area contributed by atoms with Crippen LogP contribution in [-0.4, -0.2) is 0 Å². The molecule has 2 rings (SSSR count). The summed E-state index contributed by atoms with van der Waals surface area (Å²) in [5.74, 6) is 1.27. The predicted molar refractivity (Wildman–Crippen MR) is 33.5 cm³/mol. The van der Waals surface area contributed by atoms with Crippen molar-refractivity contribution >= 4 is 0 Å². The average Bonchev–Trinajstić information content (AvgIpc) is 2.33. The van der Waals surface area contributed by atoms with E-state index >= 15 is 0 Å². The van der Waals surface area contributed by atoms with Crippen LogP contribution in [0.2, 0.25) is 0 Å². The van der Waals surface area contributed by atoms with Gasteiger partial charge in [0.2, 0.25) is 11.5 Å². The molecule has 0 fully saturated rings. The van der Waals surface area contributed by atoms with Crippen molar-refractivity contribution in [3.63, 3.8) is 0 Å². The van der Waals surface area contributed by atoms with E-state index in [9.17, 15) is 0 Å². The molecule has 0 radical (unpaired) electrons. The van der Waals surface area contributed by atoms with E-state index in [1.54, 1.807) is 6.07 Å². The number of aryl methyl sites for hydroxylation is 1. The first-order valence-corrected chi connectivity index (χ1v) is 2.98. The molecule has 0 spiro atoms. The maximum Gasteiger partial charge on any atom is 0.216 e. The fraction of sp³-hybridized carbons (Fsp3) is 0.143. The molecule has 0 saturated heterocycles. The maximum atomic E-state index is 4.66. The summed E-state index contributed by atoms with van der Waals surface area (Å²) in [7, 11) is 0. The van der Waals surface area contributed by atoms with Crippen molar-refractivity contribution in [2.45, 2.75) is 6.92 Å². The SMILES string of the molecule is Cc1ccc2c(c1)OOO2. The molecule has 0 atom stereocenters. The number of fused-ring (bicyclic) bond motifs is 1. The molecule has 1 heterocycles. The van der Waals surface area contributed by atoms with Crippen molar-refractivity contribution in [1.82, 2.24) is 0 Å². The molecule has 0 N–H and O–H groups in total. The zero-order chi connectivity index (χ0) is 6.97. The Labute approximate surface area is 58.0 Å². The van der Waals surface area contributed by atoms with Gasteiger partial charge in [0.05, 0.1) is 0 Å². The van der Waals surface area contributed by atoms with Gasteiger partial charge in [0, 0.05) is 5.04 Å². The fourth-order valence-electron chi connectivity index (χ4n) is 0.840. The molecule has 0 saturated carbocycles. The van der Waals surface area contributed by atoms with Gasteiger partial charge < -0.3 is 0 Å². The highest BCUT2D eigenvalue weighted by Gasteiger charge is 2.14. The highest BCUT2D eigenvalue weighted by Crippen LogP contribution is 2.32. The zero-order valence-corrected chi connectivity index (χ0v) is 5.46. The first-order chi connectivity index (χ1) is 4.86. The van der Waals surface area contributed by atoms with E-state index in [0.29, 0.717) is 11.5 Å². The summed E-state index contributed by atoms with van der Waals surface area (Å²) in [6.45, 7) is 1.97. The number of hydrogen-bond donors (Lipinski definition) is 0. The minimum atomic E-state index is 0.630. The number of hydrogen-bond acceptors (Lipinski definition) is 3. The Balaban J connectivity index is 2.52. The topological polar surface area (TPSA) is 27.7 Å². The minimum Gasteiger partial charge on any atom is -0.295 e. The van der Waals surface area contributed by atoms with Crippen LogP contribution < -0.4 is 9.78 Å². The van der Waals surface area contributed by atoms with Crippen LogP contribution in [-0.2, 0) is 5.04 Å². The van der Waals surface area contributed by atoms with Crippen molar-refractivity contribution < 1.29 is 14.8 Å². The lowest BCUT2D eigenvalue weighted by Gasteiger charge is -1.90. The van der Waals surface area contributed by atoms with Crippen LogP contribution in [0.1, 0.15) is 5.56 Å². The average molecular weight is 138 g/mol. The second kappa shape index (κ2) is 1.88. The molecule has 0 unspecified atom stereocenters. The Hall–Kier alpha value is -1.22. The third-order valence-electron chi connectivity index (χ3n) is 1.35. The monoisotopic (exact) mass is 138 g/mol. The van der Waals surface area contributed by atoms with Crippen LogP contribution >= 0.6 is 0 Å². The lowest BCUT2D eigenvalue weighted by atomic mass is 10.2. The van der Waals surface area contributed by atoms with Crippen LogP contribution in [0.25, 0.3) is 0 Å². The number of rotatable bonds is 0. The van der Waals surface area contributed by atoms with Crippen LogP contribution in [0.5, 0.6) is 11.5 Å². The first kappa shape index (κ1) is 5.56. The standard InChI is InChI=1S/C7H6O3/c1-5-2-3-6-7(4-5)9-10-8-6/h2-4H,1H3. The van der Waals surface area contributed by atoms with Crippen molar-refractivity contribution in [2.24, 2.45) is 0 Å². The molecule has 0 bridgehead atoms. The molecule has 1 aliphatic heterocycles. The van der Waals surface area contributed by atoms with Crippen molar-refractivity contribution in [3.8, 4) is 11.5 Å². The molecule has 0 aromatic heterocycles. The summed E-state index contributed by atoms with van der Waals surface area (Å²) in [5, 5.41) is 4.27. The van der Waals surface area contributed by atoms with Crippen LogP contribution in [0.3, 0.4) is 0 Å². The van der Waals surface area contributed by atoms with E-state index in [1.165, 1.54) is 0 Å². The molecule has 10 heavy (non-hydrogen) atoms. The zero-order valence-electron chi connectivity index (χ0n) is 5.46. The summed E-state index contributed by atoms with van der Waals surface area (Å²) < 4.78 is 0. The van der Waals surface area contributed by atoms with E-state index in [0.717, 1.165) is 5.56 Å². The van der Waals surface area contributed by atoms with E-state index in [-0.39, 0.29) is 0 Å². The third kappa shape index (κ3) is 0.717. The molecule has 3 nitrogen and oxygen atoms in total. The molecule has 1 aromatic rings. The predicted octanol–water partition coefficient (Wildman–Crippen LogP) is 1.61. The quantitative estimate of drug-likeness (QED) is 0.510. The van der Waals surface area contributed by atoms with Gasteiger partial charge in [-0.1, -0.05) is 6.07 Å². The highest BCUT2D eigenvalue weighted by molar-refractivity contribution is 5.42. The van der Waals surface area contributed by atoms with Gasteiger partial charge in [-0.3, -0.25) is 9.78 Å². The molecule has 3 heteroatoms. The molecule has 0 amide bonds. The summed E-state index contributed by atoms with van der Waals surface area (Å²) in [6, 6.07) is 5.58. The summed E-state index contributed by atoms with van der Waals surface area (Å²) in [4.78, 5) is 9.29. The van der Waals surface area contributed by atoms with Gasteiger partial charge in [-0.25, -0.2) is 0 Å². The molecule has 0 aliphatic carbocycles. The normalized spacial score (nSPS) is 13.7. The molecule has 52 valence electrons. The number of benzene rings is 1. The Morgan fingerprint density at radius 3 is 2.80 bits per heavy atom. The summed E-state index contributed by atoms with van der Waals surface area (Å²) >= 11 is 0. The van der Waals surface area contributed by atoms with Crippen molar-refractivity contribution in [1.29, 1.82) is 0 Å². The smallest absolute Gasteiger partial charge is 0.216 e. The van der Waals surface area contributed by atoms with Gasteiger partial charge in [0.1, 0.15) is 0 Å². The molecule has 1 aromatic carbocycles. The van der Waals surface area contributed by atoms with E-state index in [2.05, 4.69) is 14.8 Å². The third-order valence-corrected chi connectivity index (χ3v) is 1.35. The van der Waals surface area contributed by atoms with Gasteiger partial charge in [0.15, 0.2) is 0 Å². The minimum absolute atomic E-state index is 0.630. The van der Waals surface area contributed by atoms with Gasteiger partial charge in [-0.2, -0.15) is 0 Å².